The molecule has 30 heavy (non-hydrogen) atoms. The van der Waals surface area contributed by atoms with Crippen molar-refractivity contribution in [3.05, 3.63) is 94.3 Å². The molecule has 2 atom stereocenters. The van der Waals surface area contributed by atoms with E-state index in [0.717, 1.165) is 28.3 Å². The van der Waals surface area contributed by atoms with Crippen LogP contribution in [-0.2, 0) is 4.74 Å². The first kappa shape index (κ1) is 20.4. The monoisotopic (exact) mass is 425 g/mol. The minimum atomic E-state index is -1.13. The number of amides is 1. The molecule has 154 valence electrons. The number of ether oxygens (including phenoxy) is 1. The lowest BCUT2D eigenvalue weighted by Crippen LogP contribution is -2.38. The fraction of sp³-hybridized carbons (Fsp3) is 0.208. The molecule has 4 rings (SSSR count). The number of fused-ring (bicyclic) bond motifs is 3. The van der Waals surface area contributed by atoms with Crippen molar-refractivity contribution in [2.75, 3.05) is 6.61 Å². The van der Waals surface area contributed by atoms with Gasteiger partial charge in [0.2, 0.25) is 0 Å². The number of carbonyl (C=O) groups is 1. The highest BCUT2D eigenvalue weighted by atomic mass is 35.5. The summed E-state index contributed by atoms with van der Waals surface area (Å²) in [7, 11) is 0. The Bertz CT molecular complexity index is 1020. The number of carbonyl (C=O) groups excluding carboxylic acids is 1. The molecule has 1 aliphatic carbocycles. The lowest BCUT2D eigenvalue weighted by molar-refractivity contribution is 0.108. The summed E-state index contributed by atoms with van der Waals surface area (Å²) in [6, 6.07) is 19.3. The number of hydrogen-bond donors (Lipinski definition) is 2. The molecule has 4 nitrogen and oxygen atoms in total. The Morgan fingerprint density at radius 2 is 1.70 bits per heavy atom. The van der Waals surface area contributed by atoms with Gasteiger partial charge in [-0.3, -0.25) is 0 Å². The largest absolute Gasteiger partial charge is 0.449 e. The highest BCUT2D eigenvalue weighted by Crippen LogP contribution is 2.44. The normalized spacial score (nSPS) is 14.5. The Kier molecular flexibility index (Phi) is 5.75. The quantitative estimate of drug-likeness (QED) is 0.572. The van der Waals surface area contributed by atoms with Crippen molar-refractivity contribution < 1.29 is 19.0 Å². The second-order valence-corrected chi connectivity index (χ2v) is 7.84. The van der Waals surface area contributed by atoms with E-state index in [-0.39, 0.29) is 23.1 Å². The Labute approximate surface area is 179 Å². The predicted octanol–water partition coefficient (Wildman–Crippen LogP) is 5.44. The summed E-state index contributed by atoms with van der Waals surface area (Å²) in [6.07, 6.45) is -1.77. The van der Waals surface area contributed by atoms with Gasteiger partial charge in [-0.15, -0.1) is 0 Å². The third-order valence-electron chi connectivity index (χ3n) is 5.39. The van der Waals surface area contributed by atoms with Gasteiger partial charge >= 0.3 is 6.09 Å². The SMILES string of the molecule is CC(NC(=O)OCC1c2ccccc2-c2ccccc21)C(O)c1cc(F)cc(Cl)c1. The van der Waals surface area contributed by atoms with E-state index in [1.807, 2.05) is 36.4 Å². The van der Waals surface area contributed by atoms with Crippen LogP contribution in [0.5, 0.6) is 0 Å². The molecule has 1 aliphatic rings. The van der Waals surface area contributed by atoms with Crippen LogP contribution in [0.15, 0.2) is 66.7 Å². The van der Waals surface area contributed by atoms with E-state index in [1.54, 1.807) is 6.92 Å². The number of hydrogen-bond acceptors (Lipinski definition) is 3. The fourth-order valence-electron chi connectivity index (χ4n) is 3.94. The lowest BCUT2D eigenvalue weighted by Gasteiger charge is -2.21. The van der Waals surface area contributed by atoms with Crippen molar-refractivity contribution in [2.45, 2.75) is 25.0 Å². The molecule has 3 aromatic carbocycles. The molecule has 0 heterocycles. The van der Waals surface area contributed by atoms with E-state index in [1.165, 1.54) is 12.1 Å². The minimum Gasteiger partial charge on any atom is -0.449 e. The summed E-state index contributed by atoms with van der Waals surface area (Å²) in [4.78, 5) is 12.4. The summed E-state index contributed by atoms with van der Waals surface area (Å²) in [5.41, 5.74) is 4.82. The van der Waals surface area contributed by atoms with Crippen LogP contribution in [0.4, 0.5) is 9.18 Å². The van der Waals surface area contributed by atoms with Crippen LogP contribution in [0.2, 0.25) is 5.02 Å². The van der Waals surface area contributed by atoms with Crippen LogP contribution in [0.25, 0.3) is 11.1 Å². The van der Waals surface area contributed by atoms with Gasteiger partial charge in [0.05, 0.1) is 12.1 Å². The molecule has 6 heteroatoms. The van der Waals surface area contributed by atoms with Gasteiger partial charge in [-0.05, 0) is 52.9 Å². The average Bonchev–Trinajstić information content (AvgIpc) is 3.05. The Morgan fingerprint density at radius 1 is 1.10 bits per heavy atom. The Hall–Kier alpha value is -2.89. The molecule has 0 saturated heterocycles. The summed E-state index contributed by atoms with van der Waals surface area (Å²) >= 11 is 5.85. The van der Waals surface area contributed by atoms with E-state index in [2.05, 4.69) is 17.4 Å². The van der Waals surface area contributed by atoms with Crippen molar-refractivity contribution in [3.8, 4) is 11.1 Å². The van der Waals surface area contributed by atoms with Crippen LogP contribution >= 0.6 is 11.6 Å². The minimum absolute atomic E-state index is 0.0506. The third kappa shape index (κ3) is 4.04. The maximum absolute atomic E-state index is 13.5. The zero-order valence-corrected chi connectivity index (χ0v) is 17.1. The van der Waals surface area contributed by atoms with Gasteiger partial charge in [0.1, 0.15) is 12.4 Å². The maximum Gasteiger partial charge on any atom is 0.407 e. The van der Waals surface area contributed by atoms with Crippen molar-refractivity contribution >= 4 is 17.7 Å². The van der Waals surface area contributed by atoms with Gasteiger partial charge in [-0.1, -0.05) is 60.1 Å². The number of benzene rings is 3. The Balaban J connectivity index is 1.41. The maximum atomic E-state index is 13.5. The summed E-state index contributed by atoms with van der Waals surface area (Å²) in [5.74, 6) is -0.602. The molecule has 2 unspecified atom stereocenters. The molecule has 0 aromatic heterocycles. The van der Waals surface area contributed by atoms with E-state index in [9.17, 15) is 14.3 Å². The molecule has 2 N–H and O–H groups in total. The summed E-state index contributed by atoms with van der Waals surface area (Å²) < 4.78 is 19.0. The molecule has 0 saturated carbocycles. The first-order valence-corrected chi connectivity index (χ1v) is 10.1. The van der Waals surface area contributed by atoms with Gasteiger partial charge in [0.15, 0.2) is 0 Å². The zero-order chi connectivity index (χ0) is 21.3. The molecule has 1 amide bonds. The second-order valence-electron chi connectivity index (χ2n) is 7.41. The van der Waals surface area contributed by atoms with Gasteiger partial charge in [0, 0.05) is 10.9 Å². The molecule has 0 spiro atoms. The zero-order valence-electron chi connectivity index (χ0n) is 16.3. The number of halogens is 2. The van der Waals surface area contributed by atoms with Gasteiger partial charge in [-0.2, -0.15) is 0 Å². The van der Waals surface area contributed by atoms with Crippen LogP contribution < -0.4 is 5.32 Å². The molecule has 0 fully saturated rings. The first-order valence-electron chi connectivity index (χ1n) is 9.69. The standard InChI is InChI=1S/C24H21ClFNO3/c1-14(23(28)15-10-16(25)12-17(26)11-15)27-24(29)30-13-22-20-8-4-2-6-18(20)19-7-3-5-9-21(19)22/h2-12,14,22-23,28H,13H2,1H3,(H,27,29). The van der Waals surface area contributed by atoms with Crippen molar-refractivity contribution in [2.24, 2.45) is 0 Å². The molecule has 0 radical (unpaired) electrons. The lowest BCUT2D eigenvalue weighted by atomic mass is 9.98. The van der Waals surface area contributed by atoms with Crippen LogP contribution in [0.3, 0.4) is 0 Å². The molecular weight excluding hydrogens is 405 g/mol. The van der Waals surface area contributed by atoms with Crippen molar-refractivity contribution in [1.82, 2.24) is 5.32 Å². The first-order chi connectivity index (χ1) is 14.4. The highest BCUT2D eigenvalue weighted by Gasteiger charge is 2.29. The molecular formula is C24H21ClFNO3. The number of alkyl carbamates (subject to hydrolysis) is 1. The van der Waals surface area contributed by atoms with Crippen LogP contribution in [-0.4, -0.2) is 23.8 Å². The smallest absolute Gasteiger partial charge is 0.407 e. The Morgan fingerprint density at radius 3 is 2.30 bits per heavy atom. The number of aliphatic hydroxyl groups is 1. The average molecular weight is 426 g/mol. The number of rotatable bonds is 5. The predicted molar refractivity (Wildman–Crippen MR) is 114 cm³/mol. The van der Waals surface area contributed by atoms with Crippen molar-refractivity contribution in [3.63, 3.8) is 0 Å². The second kappa shape index (κ2) is 8.46. The van der Waals surface area contributed by atoms with E-state index < -0.39 is 24.1 Å². The topological polar surface area (TPSA) is 58.6 Å². The molecule has 0 bridgehead atoms. The summed E-state index contributed by atoms with van der Waals surface area (Å²) in [6.45, 7) is 1.79. The fourth-order valence-corrected chi connectivity index (χ4v) is 4.17. The van der Waals surface area contributed by atoms with E-state index >= 15 is 0 Å². The van der Waals surface area contributed by atoms with Gasteiger partial charge in [0.25, 0.3) is 0 Å². The molecule has 3 aromatic rings. The third-order valence-corrected chi connectivity index (χ3v) is 5.61. The summed E-state index contributed by atoms with van der Waals surface area (Å²) in [5, 5.41) is 13.2. The van der Waals surface area contributed by atoms with E-state index in [4.69, 9.17) is 16.3 Å². The van der Waals surface area contributed by atoms with Gasteiger partial charge < -0.3 is 15.2 Å². The van der Waals surface area contributed by atoms with E-state index in [0.29, 0.717) is 0 Å². The van der Waals surface area contributed by atoms with Crippen LogP contribution in [0, 0.1) is 5.82 Å². The highest BCUT2D eigenvalue weighted by molar-refractivity contribution is 6.30. The number of aliphatic hydroxyl groups excluding tert-OH is 1. The molecule has 0 aliphatic heterocycles. The van der Waals surface area contributed by atoms with Crippen LogP contribution in [0.1, 0.15) is 35.6 Å². The van der Waals surface area contributed by atoms with Gasteiger partial charge in [-0.25, -0.2) is 9.18 Å². The number of nitrogens with one attached hydrogen (secondary N) is 1. The van der Waals surface area contributed by atoms with Crippen molar-refractivity contribution in [1.29, 1.82) is 0 Å².